The maximum absolute atomic E-state index is 13.4. The summed E-state index contributed by atoms with van der Waals surface area (Å²) in [6.45, 7) is 9.74. The minimum absolute atomic E-state index is 0.184. The van der Waals surface area contributed by atoms with E-state index in [1.54, 1.807) is 0 Å². The van der Waals surface area contributed by atoms with Crippen molar-refractivity contribution in [2.45, 2.75) is 70.3 Å². The lowest BCUT2D eigenvalue weighted by molar-refractivity contribution is -0.137. The minimum Gasteiger partial charge on any atom is -0.383 e. The van der Waals surface area contributed by atoms with Crippen LogP contribution in [0.4, 0.5) is 19.0 Å². The maximum Gasteiger partial charge on any atom is 0.419 e. The molecule has 9 heteroatoms. The van der Waals surface area contributed by atoms with E-state index in [2.05, 4.69) is 36.0 Å². The van der Waals surface area contributed by atoms with E-state index in [1.165, 1.54) is 19.0 Å². The van der Waals surface area contributed by atoms with Crippen molar-refractivity contribution in [3.63, 3.8) is 0 Å². The van der Waals surface area contributed by atoms with Gasteiger partial charge in [0.15, 0.2) is 0 Å². The number of nitrogens with one attached hydrogen (secondary N) is 1. The van der Waals surface area contributed by atoms with Gasteiger partial charge < -0.3 is 11.1 Å². The number of pyridine rings is 1. The Balaban J connectivity index is 1.39. The third kappa shape index (κ3) is 4.14. The summed E-state index contributed by atoms with van der Waals surface area (Å²) in [5, 5.41) is 8.28. The van der Waals surface area contributed by atoms with Crippen LogP contribution in [0.15, 0.2) is 18.3 Å². The van der Waals surface area contributed by atoms with Gasteiger partial charge in [0.1, 0.15) is 5.82 Å². The number of nitrogen functional groups attached to an aromatic ring is 1. The normalized spacial score (nSPS) is 30.9. The van der Waals surface area contributed by atoms with Crippen molar-refractivity contribution in [3.05, 3.63) is 29.6 Å². The van der Waals surface area contributed by atoms with Crippen molar-refractivity contribution in [3.8, 4) is 11.3 Å². The predicted molar refractivity (Wildman–Crippen MR) is 122 cm³/mol. The Bertz CT molecular complexity index is 1010. The highest BCUT2D eigenvalue weighted by Crippen LogP contribution is 2.64. The number of halogens is 3. The topological polar surface area (TPSA) is 72.0 Å². The molecule has 6 atom stereocenters. The Morgan fingerprint density at radius 2 is 1.97 bits per heavy atom. The molecule has 0 aromatic carbocycles. The Labute approximate surface area is 192 Å². The summed E-state index contributed by atoms with van der Waals surface area (Å²) in [4.78, 5) is 6.45. The standard InChI is InChI=1S/C24H33F3N6/c1-4-14(3)33-21(10-20(31-33)15-7-19(24(25,26)27)23(28)30-11-15)22-17-8-16(9-18(17)22)32-6-5-29-13(2)12-32/h7,10-11,13-14,16-18,22,29H,4-6,8-9,12H2,1-3H3,(H2,28,30)/t13-,14?,16?,17-,18+,22+/m0/s1. The highest BCUT2D eigenvalue weighted by atomic mass is 19.4. The van der Waals surface area contributed by atoms with Crippen LogP contribution in [-0.2, 0) is 6.18 Å². The van der Waals surface area contributed by atoms with Crippen molar-refractivity contribution in [2.24, 2.45) is 11.8 Å². The van der Waals surface area contributed by atoms with Gasteiger partial charge in [-0.05, 0) is 57.1 Å². The molecule has 1 aliphatic heterocycles. The van der Waals surface area contributed by atoms with Crippen molar-refractivity contribution >= 4 is 5.82 Å². The number of aromatic nitrogens is 3. The minimum atomic E-state index is -4.54. The second-order valence-electron chi connectivity index (χ2n) is 10.1. The summed E-state index contributed by atoms with van der Waals surface area (Å²) < 4.78 is 42.1. The molecule has 3 N–H and O–H groups in total. The smallest absolute Gasteiger partial charge is 0.383 e. The summed E-state index contributed by atoms with van der Waals surface area (Å²) in [7, 11) is 0. The van der Waals surface area contributed by atoms with E-state index < -0.39 is 17.6 Å². The molecule has 3 heterocycles. The van der Waals surface area contributed by atoms with Gasteiger partial charge in [0.25, 0.3) is 0 Å². The van der Waals surface area contributed by atoms with E-state index in [4.69, 9.17) is 10.8 Å². The molecule has 2 aromatic heterocycles. The Morgan fingerprint density at radius 3 is 2.61 bits per heavy atom. The molecule has 0 bridgehead atoms. The van der Waals surface area contributed by atoms with Crippen LogP contribution < -0.4 is 11.1 Å². The van der Waals surface area contributed by atoms with E-state index in [0.29, 0.717) is 41.1 Å². The summed E-state index contributed by atoms with van der Waals surface area (Å²) in [6.07, 6.45) is 0.160. The fourth-order valence-corrected chi connectivity index (χ4v) is 6.01. The third-order valence-electron chi connectivity index (χ3n) is 7.97. The molecule has 0 spiro atoms. The van der Waals surface area contributed by atoms with Crippen molar-refractivity contribution in [1.29, 1.82) is 0 Å². The van der Waals surface area contributed by atoms with Crippen LogP contribution in [0.25, 0.3) is 11.3 Å². The van der Waals surface area contributed by atoms with Crippen LogP contribution in [0.1, 0.15) is 63.3 Å². The number of hydrogen-bond acceptors (Lipinski definition) is 5. The first kappa shape index (κ1) is 22.7. The molecule has 2 aromatic rings. The molecule has 0 amide bonds. The molecular formula is C24H33F3N6. The van der Waals surface area contributed by atoms with Crippen LogP contribution in [0.2, 0.25) is 0 Å². The molecule has 1 saturated heterocycles. The predicted octanol–water partition coefficient (Wildman–Crippen LogP) is 4.30. The van der Waals surface area contributed by atoms with Crippen molar-refractivity contribution in [1.82, 2.24) is 25.0 Å². The number of nitrogens with zero attached hydrogens (tertiary/aromatic N) is 4. The molecule has 2 aliphatic carbocycles. The average Bonchev–Trinajstić information content (AvgIpc) is 3.12. The van der Waals surface area contributed by atoms with Gasteiger partial charge in [-0.25, -0.2) is 4.98 Å². The number of fused-ring (bicyclic) bond motifs is 1. The number of nitrogens with two attached hydrogens (primary N) is 1. The quantitative estimate of drug-likeness (QED) is 0.693. The van der Waals surface area contributed by atoms with Gasteiger partial charge in [-0.15, -0.1) is 0 Å². The molecule has 33 heavy (non-hydrogen) atoms. The SMILES string of the molecule is CCC(C)n1nc(-c2cnc(N)c(C(F)(F)F)c2)cc1[C@H]1[C@@H]2CC(N3CCN[C@@H](C)C3)C[C@@H]21. The van der Waals surface area contributed by atoms with Gasteiger partial charge in [-0.1, -0.05) is 6.92 Å². The molecule has 6 nitrogen and oxygen atoms in total. The Kier molecular flexibility index (Phi) is 5.68. The van der Waals surface area contributed by atoms with E-state index in [1.807, 2.05) is 10.7 Å². The zero-order valence-corrected chi connectivity index (χ0v) is 19.4. The number of alkyl halides is 3. The van der Waals surface area contributed by atoms with E-state index in [9.17, 15) is 13.2 Å². The third-order valence-corrected chi connectivity index (χ3v) is 7.97. The van der Waals surface area contributed by atoms with Crippen LogP contribution >= 0.6 is 0 Å². The molecular weight excluding hydrogens is 429 g/mol. The molecule has 2 saturated carbocycles. The van der Waals surface area contributed by atoms with E-state index in [-0.39, 0.29) is 6.04 Å². The maximum atomic E-state index is 13.4. The lowest BCUT2D eigenvalue weighted by Crippen LogP contribution is -2.52. The highest BCUT2D eigenvalue weighted by molar-refractivity contribution is 5.63. The fraction of sp³-hybridized carbons (Fsp3) is 0.667. The second-order valence-corrected chi connectivity index (χ2v) is 10.1. The largest absolute Gasteiger partial charge is 0.419 e. The van der Waals surface area contributed by atoms with Gasteiger partial charge in [-0.3, -0.25) is 9.58 Å². The zero-order valence-electron chi connectivity index (χ0n) is 19.4. The highest BCUT2D eigenvalue weighted by Gasteiger charge is 2.58. The molecule has 0 radical (unpaired) electrons. The van der Waals surface area contributed by atoms with Crippen molar-refractivity contribution < 1.29 is 13.2 Å². The monoisotopic (exact) mass is 462 g/mol. The van der Waals surface area contributed by atoms with Crippen LogP contribution in [-0.4, -0.2) is 51.4 Å². The first-order chi connectivity index (χ1) is 15.7. The molecule has 3 aliphatic rings. The van der Waals surface area contributed by atoms with E-state index in [0.717, 1.165) is 37.8 Å². The Morgan fingerprint density at radius 1 is 1.24 bits per heavy atom. The van der Waals surface area contributed by atoms with Gasteiger partial charge in [0, 0.05) is 61.1 Å². The van der Waals surface area contributed by atoms with Crippen LogP contribution in [0.3, 0.4) is 0 Å². The molecule has 180 valence electrons. The number of piperazine rings is 1. The Hall–Kier alpha value is -2.13. The fourth-order valence-electron chi connectivity index (χ4n) is 6.01. The summed E-state index contributed by atoms with van der Waals surface area (Å²) in [6, 6.07) is 4.44. The number of hydrogen-bond donors (Lipinski definition) is 2. The lowest BCUT2D eigenvalue weighted by atomic mass is 10.0. The average molecular weight is 463 g/mol. The summed E-state index contributed by atoms with van der Waals surface area (Å²) >= 11 is 0. The van der Waals surface area contributed by atoms with Gasteiger partial charge in [0.2, 0.25) is 0 Å². The number of anilines is 1. The summed E-state index contributed by atoms with van der Waals surface area (Å²) in [5.41, 5.74) is 6.65. The molecule has 3 fully saturated rings. The van der Waals surface area contributed by atoms with Gasteiger partial charge in [0.05, 0.1) is 11.3 Å². The zero-order chi connectivity index (χ0) is 23.5. The van der Waals surface area contributed by atoms with Crippen LogP contribution in [0, 0.1) is 11.8 Å². The molecule has 5 rings (SSSR count). The summed E-state index contributed by atoms with van der Waals surface area (Å²) in [5.74, 6) is 1.23. The van der Waals surface area contributed by atoms with Crippen molar-refractivity contribution in [2.75, 3.05) is 25.4 Å². The van der Waals surface area contributed by atoms with E-state index >= 15 is 0 Å². The first-order valence-electron chi connectivity index (χ1n) is 12.1. The number of rotatable bonds is 5. The van der Waals surface area contributed by atoms with Crippen LogP contribution in [0.5, 0.6) is 0 Å². The van der Waals surface area contributed by atoms with Gasteiger partial charge >= 0.3 is 6.18 Å². The molecule has 2 unspecified atom stereocenters. The second kappa shape index (κ2) is 8.27. The lowest BCUT2D eigenvalue weighted by Gasteiger charge is -2.37. The van der Waals surface area contributed by atoms with Gasteiger partial charge in [-0.2, -0.15) is 18.3 Å². The first-order valence-corrected chi connectivity index (χ1v) is 12.1.